The van der Waals surface area contributed by atoms with Crippen molar-refractivity contribution in [2.24, 2.45) is 5.10 Å². The second-order valence-electron chi connectivity index (χ2n) is 7.79. The van der Waals surface area contributed by atoms with Crippen molar-refractivity contribution < 1.29 is 17.9 Å². The molecule has 1 amide bonds. The topological polar surface area (TPSA) is 88.1 Å². The number of rotatable bonds is 9. The van der Waals surface area contributed by atoms with Crippen molar-refractivity contribution in [3.8, 4) is 5.75 Å². The summed E-state index contributed by atoms with van der Waals surface area (Å²) >= 11 is 6.11. The fourth-order valence-electron chi connectivity index (χ4n) is 3.09. The van der Waals surface area contributed by atoms with E-state index in [-0.39, 0.29) is 0 Å². The molecule has 178 valence electrons. The van der Waals surface area contributed by atoms with Crippen LogP contribution in [0.1, 0.15) is 22.3 Å². The van der Waals surface area contributed by atoms with Gasteiger partial charge in [-0.3, -0.25) is 9.10 Å². The van der Waals surface area contributed by atoms with E-state index in [0.717, 1.165) is 21.7 Å². The number of sulfonamides is 1. The van der Waals surface area contributed by atoms with E-state index >= 15 is 0 Å². The minimum Gasteiger partial charge on any atom is -0.489 e. The van der Waals surface area contributed by atoms with Crippen LogP contribution in [0.5, 0.6) is 5.75 Å². The number of ether oxygens (including phenoxy) is 1. The lowest BCUT2D eigenvalue weighted by atomic mass is 10.2. The Morgan fingerprint density at radius 3 is 2.38 bits per heavy atom. The molecule has 0 saturated heterocycles. The average molecular weight is 500 g/mol. The van der Waals surface area contributed by atoms with Crippen LogP contribution in [0.25, 0.3) is 0 Å². The number of carbonyl (C=O) groups excluding carboxylic acids is 1. The first-order valence-electron chi connectivity index (χ1n) is 10.5. The molecule has 3 rings (SSSR count). The summed E-state index contributed by atoms with van der Waals surface area (Å²) in [6.07, 6.45) is 2.50. The molecule has 0 heterocycles. The number of carbonyl (C=O) groups is 1. The smallest absolute Gasteiger partial charge is 0.260 e. The van der Waals surface area contributed by atoms with Crippen LogP contribution >= 0.6 is 11.6 Å². The Hall–Kier alpha value is -3.36. The molecule has 3 aromatic rings. The van der Waals surface area contributed by atoms with Crippen LogP contribution in [0.3, 0.4) is 0 Å². The molecule has 0 aromatic heterocycles. The number of aryl methyl sites for hydroxylation is 1. The van der Waals surface area contributed by atoms with Crippen LogP contribution in [0.15, 0.2) is 71.8 Å². The van der Waals surface area contributed by atoms with Crippen LogP contribution in [-0.2, 0) is 21.4 Å². The van der Waals surface area contributed by atoms with Crippen LogP contribution in [0, 0.1) is 13.8 Å². The highest BCUT2D eigenvalue weighted by Crippen LogP contribution is 2.28. The third kappa shape index (κ3) is 7.07. The molecule has 0 aliphatic carbocycles. The molecule has 0 fully saturated rings. The number of hydrogen-bond donors (Lipinski definition) is 1. The molecule has 0 aliphatic rings. The molecule has 1 N–H and O–H groups in total. The molecule has 0 bridgehead atoms. The van der Waals surface area contributed by atoms with Gasteiger partial charge in [0.2, 0.25) is 10.0 Å². The number of nitrogens with one attached hydrogen (secondary N) is 1. The van der Waals surface area contributed by atoms with Crippen molar-refractivity contribution in [1.82, 2.24) is 5.43 Å². The van der Waals surface area contributed by atoms with Crippen molar-refractivity contribution in [2.75, 3.05) is 17.1 Å². The van der Waals surface area contributed by atoms with E-state index in [1.165, 1.54) is 11.8 Å². The largest absolute Gasteiger partial charge is 0.489 e. The Bertz CT molecular complexity index is 1270. The lowest BCUT2D eigenvalue weighted by Crippen LogP contribution is -2.39. The van der Waals surface area contributed by atoms with E-state index in [4.69, 9.17) is 16.3 Å². The maximum Gasteiger partial charge on any atom is 0.260 e. The predicted octanol–water partition coefficient (Wildman–Crippen LogP) is 4.45. The second-order valence-corrected chi connectivity index (χ2v) is 10.1. The number of amides is 1. The molecule has 0 aliphatic heterocycles. The molecule has 3 aromatic carbocycles. The normalized spacial score (nSPS) is 11.4. The number of nitrogens with zero attached hydrogens (tertiary/aromatic N) is 2. The molecule has 0 atom stereocenters. The highest BCUT2D eigenvalue weighted by atomic mass is 35.5. The van der Waals surface area contributed by atoms with Gasteiger partial charge in [-0.1, -0.05) is 47.5 Å². The minimum atomic E-state index is -3.71. The molecule has 0 unspecified atom stereocenters. The van der Waals surface area contributed by atoms with Crippen molar-refractivity contribution in [2.45, 2.75) is 20.5 Å². The van der Waals surface area contributed by atoms with Gasteiger partial charge in [-0.15, -0.1) is 0 Å². The highest BCUT2D eigenvalue weighted by molar-refractivity contribution is 7.92. The first-order chi connectivity index (χ1) is 16.1. The Balaban J connectivity index is 1.57. The van der Waals surface area contributed by atoms with Crippen LogP contribution in [-0.4, -0.2) is 33.3 Å². The molecular weight excluding hydrogens is 474 g/mol. The standard InChI is InChI=1S/C25H26ClN3O4S/c1-18-7-9-21(10-8-18)17-33-22-13-11-20(12-14-22)15-27-28-25(30)16-29(34(3,31)32)24-6-4-5-23(26)19(24)2/h4-15H,16-17H2,1-3H3,(H,28,30)/b27-15-. The first kappa shape index (κ1) is 25.3. The van der Waals surface area contributed by atoms with E-state index in [1.54, 1.807) is 37.3 Å². The maximum absolute atomic E-state index is 12.4. The first-order valence-corrected chi connectivity index (χ1v) is 12.7. The summed E-state index contributed by atoms with van der Waals surface area (Å²) in [6.45, 7) is 3.77. The zero-order valence-corrected chi connectivity index (χ0v) is 20.7. The van der Waals surface area contributed by atoms with Crippen molar-refractivity contribution in [3.63, 3.8) is 0 Å². The van der Waals surface area contributed by atoms with Crippen molar-refractivity contribution >= 4 is 39.4 Å². The molecule has 34 heavy (non-hydrogen) atoms. The Kier molecular flexibility index (Phi) is 8.31. The van der Waals surface area contributed by atoms with Gasteiger partial charge >= 0.3 is 0 Å². The summed E-state index contributed by atoms with van der Waals surface area (Å²) in [5.74, 6) is 0.126. The third-order valence-electron chi connectivity index (χ3n) is 5.00. The van der Waals surface area contributed by atoms with Gasteiger partial charge in [-0.05, 0) is 66.9 Å². The van der Waals surface area contributed by atoms with Gasteiger partial charge in [0.1, 0.15) is 18.9 Å². The Morgan fingerprint density at radius 2 is 1.74 bits per heavy atom. The lowest BCUT2D eigenvalue weighted by Gasteiger charge is -2.23. The monoisotopic (exact) mass is 499 g/mol. The summed E-state index contributed by atoms with van der Waals surface area (Å²) in [5.41, 5.74) is 6.29. The number of benzene rings is 3. The minimum absolute atomic E-state index is 0.343. The summed E-state index contributed by atoms with van der Waals surface area (Å²) in [5, 5.41) is 4.34. The summed E-state index contributed by atoms with van der Waals surface area (Å²) in [4.78, 5) is 12.4. The SMILES string of the molecule is Cc1ccc(COc2ccc(/C=N\NC(=O)CN(c3cccc(Cl)c3C)S(C)(=O)=O)cc2)cc1. The molecule has 0 spiro atoms. The van der Waals surface area contributed by atoms with Gasteiger partial charge < -0.3 is 4.74 Å². The number of anilines is 1. The van der Waals surface area contributed by atoms with E-state index < -0.39 is 22.5 Å². The van der Waals surface area contributed by atoms with Crippen LogP contribution in [0.4, 0.5) is 5.69 Å². The molecule has 0 saturated carbocycles. The lowest BCUT2D eigenvalue weighted by molar-refractivity contribution is -0.119. The van der Waals surface area contributed by atoms with E-state index in [2.05, 4.69) is 10.5 Å². The zero-order valence-electron chi connectivity index (χ0n) is 19.2. The summed E-state index contributed by atoms with van der Waals surface area (Å²) in [7, 11) is -3.71. The Morgan fingerprint density at radius 1 is 1.06 bits per heavy atom. The number of hydrogen-bond acceptors (Lipinski definition) is 5. The second kappa shape index (κ2) is 11.2. The number of hydrazone groups is 1. The maximum atomic E-state index is 12.4. The zero-order chi connectivity index (χ0) is 24.7. The fraction of sp³-hybridized carbons (Fsp3) is 0.200. The summed E-state index contributed by atoms with van der Waals surface area (Å²) < 4.78 is 31.3. The Labute approximate surface area is 205 Å². The van der Waals surface area contributed by atoms with Gasteiger partial charge in [-0.25, -0.2) is 13.8 Å². The third-order valence-corrected chi connectivity index (χ3v) is 6.54. The van der Waals surface area contributed by atoms with E-state index in [1.807, 2.05) is 43.3 Å². The fourth-order valence-corrected chi connectivity index (χ4v) is 4.17. The van der Waals surface area contributed by atoms with Gasteiger partial charge in [-0.2, -0.15) is 5.10 Å². The molecule has 7 nitrogen and oxygen atoms in total. The van der Waals surface area contributed by atoms with Crippen molar-refractivity contribution in [1.29, 1.82) is 0 Å². The molecular formula is C25H26ClN3O4S. The van der Waals surface area contributed by atoms with E-state index in [9.17, 15) is 13.2 Å². The van der Waals surface area contributed by atoms with Gasteiger partial charge in [0.15, 0.2) is 0 Å². The predicted molar refractivity (Wildman–Crippen MR) is 136 cm³/mol. The molecule has 9 heteroatoms. The van der Waals surface area contributed by atoms with Gasteiger partial charge in [0.05, 0.1) is 18.2 Å². The van der Waals surface area contributed by atoms with E-state index in [0.29, 0.717) is 28.6 Å². The van der Waals surface area contributed by atoms with Crippen molar-refractivity contribution in [3.05, 3.63) is 94.0 Å². The van der Waals surface area contributed by atoms with Crippen LogP contribution in [0.2, 0.25) is 5.02 Å². The molecule has 0 radical (unpaired) electrons. The quantitative estimate of drug-likeness (QED) is 0.348. The summed E-state index contributed by atoms with van der Waals surface area (Å²) in [6, 6.07) is 20.2. The van der Waals surface area contributed by atoms with Gasteiger partial charge in [0, 0.05) is 5.02 Å². The van der Waals surface area contributed by atoms with Gasteiger partial charge in [0.25, 0.3) is 5.91 Å². The number of halogens is 1. The highest BCUT2D eigenvalue weighted by Gasteiger charge is 2.22. The van der Waals surface area contributed by atoms with Crippen LogP contribution < -0.4 is 14.5 Å². The average Bonchev–Trinajstić information content (AvgIpc) is 2.79.